The number of carbonyl (C=O) groups excluding carboxylic acids is 1. The van der Waals surface area contributed by atoms with Gasteiger partial charge in [0, 0.05) is 37.3 Å². The number of nitrogens with two attached hydrogens (primary N) is 1. The van der Waals surface area contributed by atoms with Gasteiger partial charge in [-0.05, 0) is 43.0 Å². The van der Waals surface area contributed by atoms with Crippen molar-refractivity contribution in [1.82, 2.24) is 25.1 Å². The predicted molar refractivity (Wildman–Crippen MR) is 123 cm³/mol. The van der Waals surface area contributed by atoms with Gasteiger partial charge in [0.05, 0.1) is 23.6 Å². The molecular weight excluding hydrogens is 404 g/mol. The number of carbonyl (C=O) groups is 1. The van der Waals surface area contributed by atoms with Crippen LogP contribution in [-0.2, 0) is 6.42 Å². The Hall–Kier alpha value is -3.42. The lowest BCUT2D eigenvalue weighted by atomic mass is 10.0. The fraction of sp³-hybridized carbons (Fsp3) is 0.417. The van der Waals surface area contributed by atoms with Crippen molar-refractivity contribution in [2.24, 2.45) is 0 Å². The van der Waals surface area contributed by atoms with Crippen molar-refractivity contribution in [3.05, 3.63) is 64.7 Å². The molecule has 0 spiro atoms. The van der Waals surface area contributed by atoms with Crippen LogP contribution in [0.1, 0.15) is 65.1 Å². The van der Waals surface area contributed by atoms with Crippen LogP contribution in [0.2, 0.25) is 0 Å². The molecule has 3 aromatic rings. The van der Waals surface area contributed by atoms with Crippen LogP contribution >= 0.6 is 0 Å². The first-order chi connectivity index (χ1) is 15.4. The molecule has 0 bridgehead atoms. The van der Waals surface area contributed by atoms with Crippen molar-refractivity contribution in [3.63, 3.8) is 0 Å². The summed E-state index contributed by atoms with van der Waals surface area (Å²) in [5, 5.41) is 7.61. The van der Waals surface area contributed by atoms with Crippen molar-refractivity contribution in [2.45, 2.75) is 45.4 Å². The van der Waals surface area contributed by atoms with E-state index in [9.17, 15) is 4.79 Å². The van der Waals surface area contributed by atoms with Gasteiger partial charge in [-0.1, -0.05) is 26.0 Å². The maximum atomic E-state index is 12.9. The highest BCUT2D eigenvalue weighted by Gasteiger charge is 2.30. The quantitative estimate of drug-likeness (QED) is 0.589. The largest absolute Gasteiger partial charge is 0.493 e. The number of likely N-dealkylation sites (tertiary alicyclic amines) is 1. The number of amides is 1. The zero-order valence-corrected chi connectivity index (χ0v) is 18.8. The topological polar surface area (TPSA) is 110 Å². The number of ether oxygens (including phenoxy) is 1. The van der Waals surface area contributed by atoms with Crippen LogP contribution in [0.4, 0.5) is 5.95 Å². The standard InChI is InChI=1S/C24H30N6O2/c1-15(2)17-4-6-20(7-5-17)32-11-9-19-12-22(29-28-19)18-8-10-30(14-18)23(31)21-13-26-24(25)27-16(21)3/h4-7,12-13,15,18H,8-11,14H2,1-3H3,(H,28,29)(H2,25,26,27). The average Bonchev–Trinajstić information content (AvgIpc) is 3.43. The van der Waals surface area contributed by atoms with Crippen molar-refractivity contribution in [1.29, 1.82) is 0 Å². The van der Waals surface area contributed by atoms with Crippen molar-refractivity contribution < 1.29 is 9.53 Å². The van der Waals surface area contributed by atoms with Gasteiger partial charge in [0.2, 0.25) is 5.95 Å². The molecule has 168 valence electrons. The van der Waals surface area contributed by atoms with Crippen LogP contribution < -0.4 is 10.5 Å². The molecule has 1 saturated heterocycles. The minimum Gasteiger partial charge on any atom is -0.493 e. The first-order valence-electron chi connectivity index (χ1n) is 11.1. The third-order valence-corrected chi connectivity index (χ3v) is 5.96. The first-order valence-corrected chi connectivity index (χ1v) is 11.1. The van der Waals surface area contributed by atoms with Crippen LogP contribution in [0.25, 0.3) is 0 Å². The lowest BCUT2D eigenvalue weighted by Crippen LogP contribution is -2.29. The van der Waals surface area contributed by atoms with E-state index >= 15 is 0 Å². The Labute approximate surface area is 188 Å². The van der Waals surface area contributed by atoms with E-state index in [1.54, 1.807) is 6.92 Å². The Morgan fingerprint density at radius 3 is 2.81 bits per heavy atom. The molecule has 1 unspecified atom stereocenters. The summed E-state index contributed by atoms with van der Waals surface area (Å²) in [6.07, 6.45) is 3.14. The van der Waals surface area contributed by atoms with Gasteiger partial charge >= 0.3 is 0 Å². The zero-order chi connectivity index (χ0) is 22.7. The summed E-state index contributed by atoms with van der Waals surface area (Å²) < 4.78 is 5.88. The van der Waals surface area contributed by atoms with E-state index in [0.717, 1.165) is 30.0 Å². The summed E-state index contributed by atoms with van der Waals surface area (Å²) in [6, 6.07) is 10.3. The summed E-state index contributed by atoms with van der Waals surface area (Å²) in [7, 11) is 0. The Balaban J connectivity index is 1.29. The first kappa shape index (κ1) is 21.8. The Morgan fingerprint density at radius 2 is 2.09 bits per heavy atom. The molecule has 1 fully saturated rings. The summed E-state index contributed by atoms with van der Waals surface area (Å²) in [6.45, 7) is 8.03. The smallest absolute Gasteiger partial charge is 0.257 e. The molecule has 3 heterocycles. The SMILES string of the molecule is Cc1nc(N)ncc1C(=O)N1CCC(c2cc(CCOc3ccc(C(C)C)cc3)[nH]n2)C1. The highest BCUT2D eigenvalue weighted by atomic mass is 16.5. The van der Waals surface area contributed by atoms with Crippen LogP contribution in [0, 0.1) is 6.92 Å². The van der Waals surface area contributed by atoms with Crippen LogP contribution in [0.3, 0.4) is 0 Å². The monoisotopic (exact) mass is 434 g/mol. The van der Waals surface area contributed by atoms with Crippen LogP contribution in [-0.4, -0.2) is 50.7 Å². The minimum absolute atomic E-state index is 0.0577. The molecule has 32 heavy (non-hydrogen) atoms. The summed E-state index contributed by atoms with van der Waals surface area (Å²) in [5.41, 5.74) is 10.0. The average molecular weight is 435 g/mol. The van der Waals surface area contributed by atoms with Gasteiger partial charge < -0.3 is 15.4 Å². The van der Waals surface area contributed by atoms with Gasteiger partial charge in [0.25, 0.3) is 5.91 Å². The Kier molecular flexibility index (Phi) is 6.39. The van der Waals surface area contributed by atoms with Gasteiger partial charge in [0.15, 0.2) is 0 Å². The normalized spacial score (nSPS) is 16.0. The number of aromatic nitrogens is 4. The summed E-state index contributed by atoms with van der Waals surface area (Å²) in [5.74, 6) is 1.72. The number of hydrogen-bond acceptors (Lipinski definition) is 6. The molecule has 0 aliphatic carbocycles. The lowest BCUT2D eigenvalue weighted by Gasteiger charge is -2.17. The highest BCUT2D eigenvalue weighted by Crippen LogP contribution is 2.28. The molecule has 1 aromatic carbocycles. The fourth-order valence-electron chi connectivity index (χ4n) is 4.00. The minimum atomic E-state index is -0.0577. The molecular formula is C24H30N6O2. The number of H-pyrrole nitrogens is 1. The van der Waals surface area contributed by atoms with E-state index in [0.29, 0.717) is 36.9 Å². The Bertz CT molecular complexity index is 1080. The number of nitrogen functional groups attached to an aromatic ring is 1. The highest BCUT2D eigenvalue weighted by molar-refractivity contribution is 5.95. The van der Waals surface area contributed by atoms with Gasteiger partial charge in [-0.25, -0.2) is 9.97 Å². The van der Waals surface area contributed by atoms with E-state index < -0.39 is 0 Å². The van der Waals surface area contributed by atoms with E-state index in [1.807, 2.05) is 17.0 Å². The third kappa shape index (κ3) is 4.90. The number of benzene rings is 1. The maximum Gasteiger partial charge on any atom is 0.257 e. The van der Waals surface area contributed by atoms with Gasteiger partial charge in [0.1, 0.15) is 5.75 Å². The molecule has 8 nitrogen and oxygen atoms in total. The van der Waals surface area contributed by atoms with Crippen molar-refractivity contribution in [3.8, 4) is 5.75 Å². The van der Waals surface area contributed by atoms with Crippen molar-refractivity contribution >= 4 is 11.9 Å². The second-order valence-electron chi connectivity index (χ2n) is 8.60. The molecule has 3 N–H and O–H groups in total. The number of hydrogen-bond donors (Lipinski definition) is 2. The zero-order valence-electron chi connectivity index (χ0n) is 18.8. The Morgan fingerprint density at radius 1 is 1.31 bits per heavy atom. The van der Waals surface area contributed by atoms with Crippen LogP contribution in [0.5, 0.6) is 5.75 Å². The van der Waals surface area contributed by atoms with E-state index in [4.69, 9.17) is 10.5 Å². The number of rotatable bonds is 7. The number of nitrogens with one attached hydrogen (secondary N) is 1. The van der Waals surface area contributed by atoms with E-state index in [-0.39, 0.29) is 17.8 Å². The third-order valence-electron chi connectivity index (χ3n) is 5.96. The van der Waals surface area contributed by atoms with Gasteiger partial charge in [-0.15, -0.1) is 0 Å². The summed E-state index contributed by atoms with van der Waals surface area (Å²) in [4.78, 5) is 22.8. The van der Waals surface area contributed by atoms with Gasteiger partial charge in [-0.2, -0.15) is 5.10 Å². The number of anilines is 1. The van der Waals surface area contributed by atoms with E-state index in [1.165, 1.54) is 11.8 Å². The second-order valence-corrected chi connectivity index (χ2v) is 8.60. The number of nitrogens with zero attached hydrogens (tertiary/aromatic N) is 4. The predicted octanol–water partition coefficient (Wildman–Crippen LogP) is 3.46. The molecule has 8 heteroatoms. The number of aromatic amines is 1. The molecule has 2 aromatic heterocycles. The fourth-order valence-corrected chi connectivity index (χ4v) is 4.00. The second kappa shape index (κ2) is 9.38. The molecule has 4 rings (SSSR count). The molecule has 1 atom stereocenters. The lowest BCUT2D eigenvalue weighted by molar-refractivity contribution is 0.0789. The van der Waals surface area contributed by atoms with Crippen LogP contribution in [0.15, 0.2) is 36.5 Å². The molecule has 1 aliphatic heterocycles. The molecule has 1 amide bonds. The maximum absolute atomic E-state index is 12.9. The molecule has 0 saturated carbocycles. The van der Waals surface area contributed by atoms with Crippen molar-refractivity contribution in [2.75, 3.05) is 25.4 Å². The molecule has 0 radical (unpaired) electrons. The number of aryl methyl sites for hydroxylation is 1. The molecule has 1 aliphatic rings. The van der Waals surface area contributed by atoms with E-state index in [2.05, 4.69) is 52.2 Å². The summed E-state index contributed by atoms with van der Waals surface area (Å²) >= 11 is 0. The van der Waals surface area contributed by atoms with Gasteiger partial charge in [-0.3, -0.25) is 9.89 Å².